The molecule has 1 heterocycles. The Morgan fingerprint density at radius 1 is 1.44 bits per heavy atom. The Hall–Kier alpha value is -1.07. The highest BCUT2D eigenvalue weighted by Gasteiger charge is 2.21. The number of rotatable bonds is 3. The SMILES string of the molecule is O=C(COc1cccc(Br)c1)N1CCC(O)CC1. The summed E-state index contributed by atoms with van der Waals surface area (Å²) in [5.74, 6) is 0.650. The summed E-state index contributed by atoms with van der Waals surface area (Å²) in [7, 11) is 0. The van der Waals surface area contributed by atoms with E-state index in [0.29, 0.717) is 31.7 Å². The fourth-order valence-electron chi connectivity index (χ4n) is 1.91. The molecule has 18 heavy (non-hydrogen) atoms. The molecule has 1 aromatic rings. The number of aliphatic hydroxyl groups is 1. The molecule has 0 radical (unpaired) electrons. The second-order valence-corrected chi connectivity index (χ2v) is 5.27. The molecule has 1 saturated heterocycles. The van der Waals surface area contributed by atoms with Crippen LogP contribution in [0.25, 0.3) is 0 Å². The van der Waals surface area contributed by atoms with Crippen molar-refractivity contribution in [3.05, 3.63) is 28.7 Å². The summed E-state index contributed by atoms with van der Waals surface area (Å²) in [6.45, 7) is 1.27. The molecule has 1 aliphatic heterocycles. The Labute approximate surface area is 115 Å². The highest BCUT2D eigenvalue weighted by atomic mass is 79.9. The van der Waals surface area contributed by atoms with E-state index in [-0.39, 0.29) is 18.6 Å². The molecule has 0 bridgehead atoms. The number of likely N-dealkylation sites (tertiary alicyclic amines) is 1. The molecule has 0 aromatic heterocycles. The topological polar surface area (TPSA) is 49.8 Å². The highest BCUT2D eigenvalue weighted by molar-refractivity contribution is 9.10. The second-order valence-electron chi connectivity index (χ2n) is 4.36. The average molecular weight is 314 g/mol. The van der Waals surface area contributed by atoms with Crippen molar-refractivity contribution in [3.8, 4) is 5.75 Å². The van der Waals surface area contributed by atoms with Gasteiger partial charge in [0.15, 0.2) is 6.61 Å². The molecule has 98 valence electrons. The summed E-state index contributed by atoms with van der Waals surface area (Å²) in [5.41, 5.74) is 0. The number of carbonyl (C=O) groups excluding carboxylic acids is 1. The van der Waals surface area contributed by atoms with Crippen LogP contribution in [0.1, 0.15) is 12.8 Å². The van der Waals surface area contributed by atoms with Gasteiger partial charge >= 0.3 is 0 Å². The summed E-state index contributed by atoms with van der Waals surface area (Å²) in [5, 5.41) is 9.37. The zero-order chi connectivity index (χ0) is 13.0. The molecule has 0 spiro atoms. The molecule has 1 aliphatic rings. The van der Waals surface area contributed by atoms with Crippen molar-refractivity contribution in [1.82, 2.24) is 4.90 Å². The number of hydrogen-bond acceptors (Lipinski definition) is 3. The minimum atomic E-state index is -0.264. The fourth-order valence-corrected chi connectivity index (χ4v) is 2.29. The summed E-state index contributed by atoms with van der Waals surface area (Å²) in [6, 6.07) is 7.41. The monoisotopic (exact) mass is 313 g/mol. The summed E-state index contributed by atoms with van der Waals surface area (Å²) in [6.07, 6.45) is 1.05. The molecular weight excluding hydrogens is 298 g/mol. The summed E-state index contributed by atoms with van der Waals surface area (Å²) < 4.78 is 6.37. The van der Waals surface area contributed by atoms with Gasteiger partial charge in [-0.3, -0.25) is 4.79 Å². The zero-order valence-electron chi connectivity index (χ0n) is 10.0. The lowest BCUT2D eigenvalue weighted by Crippen LogP contribution is -2.42. The third kappa shape index (κ3) is 3.71. The fraction of sp³-hybridized carbons (Fsp3) is 0.462. The van der Waals surface area contributed by atoms with Crippen LogP contribution in [0, 0.1) is 0 Å². The normalized spacial score (nSPS) is 16.7. The third-order valence-electron chi connectivity index (χ3n) is 2.98. The minimum absolute atomic E-state index is 0.0260. The van der Waals surface area contributed by atoms with Gasteiger partial charge in [-0.15, -0.1) is 0 Å². The smallest absolute Gasteiger partial charge is 0.260 e. The first kappa shape index (κ1) is 13.4. The van der Waals surface area contributed by atoms with E-state index in [1.807, 2.05) is 24.3 Å². The number of carbonyl (C=O) groups is 1. The van der Waals surface area contributed by atoms with Crippen LogP contribution in [0.4, 0.5) is 0 Å². The molecule has 4 nitrogen and oxygen atoms in total. The van der Waals surface area contributed by atoms with E-state index >= 15 is 0 Å². The third-order valence-corrected chi connectivity index (χ3v) is 3.47. The van der Waals surface area contributed by atoms with Gasteiger partial charge in [-0.05, 0) is 31.0 Å². The highest BCUT2D eigenvalue weighted by Crippen LogP contribution is 2.18. The molecular formula is C13H16BrNO3. The van der Waals surface area contributed by atoms with Gasteiger partial charge in [0, 0.05) is 17.6 Å². The van der Waals surface area contributed by atoms with Gasteiger partial charge < -0.3 is 14.7 Å². The van der Waals surface area contributed by atoms with E-state index < -0.39 is 0 Å². The average Bonchev–Trinajstić information content (AvgIpc) is 2.37. The van der Waals surface area contributed by atoms with Crippen LogP contribution in [0.5, 0.6) is 5.75 Å². The molecule has 1 N–H and O–H groups in total. The lowest BCUT2D eigenvalue weighted by molar-refractivity contribution is -0.135. The van der Waals surface area contributed by atoms with E-state index in [0.717, 1.165) is 4.47 Å². The van der Waals surface area contributed by atoms with Crippen LogP contribution in [0.15, 0.2) is 28.7 Å². The Kier molecular flexibility index (Phi) is 4.60. The van der Waals surface area contributed by atoms with Gasteiger partial charge in [0.2, 0.25) is 0 Å². The lowest BCUT2D eigenvalue weighted by atomic mass is 10.1. The molecule has 0 unspecified atom stereocenters. The summed E-state index contributed by atoms with van der Waals surface area (Å²) in [4.78, 5) is 13.6. The first-order valence-electron chi connectivity index (χ1n) is 5.99. The number of hydrogen-bond donors (Lipinski definition) is 1. The van der Waals surface area contributed by atoms with Gasteiger partial charge in [-0.1, -0.05) is 22.0 Å². The van der Waals surface area contributed by atoms with Crippen LogP contribution in [-0.2, 0) is 4.79 Å². The molecule has 0 saturated carbocycles. The molecule has 1 aromatic carbocycles. The molecule has 1 amide bonds. The predicted molar refractivity (Wildman–Crippen MR) is 71.5 cm³/mol. The zero-order valence-corrected chi connectivity index (χ0v) is 11.6. The molecule has 1 fully saturated rings. The van der Waals surface area contributed by atoms with Gasteiger partial charge in [-0.2, -0.15) is 0 Å². The first-order valence-corrected chi connectivity index (χ1v) is 6.78. The van der Waals surface area contributed by atoms with Crippen LogP contribution < -0.4 is 4.74 Å². The minimum Gasteiger partial charge on any atom is -0.484 e. The van der Waals surface area contributed by atoms with Crippen molar-refractivity contribution in [1.29, 1.82) is 0 Å². The Bertz CT molecular complexity index is 416. The quantitative estimate of drug-likeness (QED) is 0.926. The first-order chi connectivity index (χ1) is 8.65. The Balaban J connectivity index is 1.81. The number of nitrogens with zero attached hydrogens (tertiary/aromatic N) is 1. The number of amides is 1. The van der Waals surface area contributed by atoms with E-state index in [9.17, 15) is 9.90 Å². The van der Waals surface area contributed by atoms with E-state index in [2.05, 4.69) is 15.9 Å². The number of ether oxygens (including phenoxy) is 1. The Morgan fingerprint density at radius 2 is 2.17 bits per heavy atom. The van der Waals surface area contributed by atoms with Crippen molar-refractivity contribution < 1.29 is 14.6 Å². The number of benzene rings is 1. The van der Waals surface area contributed by atoms with Gasteiger partial charge in [0.05, 0.1) is 6.10 Å². The van der Waals surface area contributed by atoms with Crippen LogP contribution in [0.2, 0.25) is 0 Å². The van der Waals surface area contributed by atoms with Crippen LogP contribution in [0.3, 0.4) is 0 Å². The number of halogens is 1. The molecule has 0 aliphatic carbocycles. The van der Waals surface area contributed by atoms with Crippen molar-refractivity contribution >= 4 is 21.8 Å². The van der Waals surface area contributed by atoms with E-state index in [4.69, 9.17) is 4.74 Å². The van der Waals surface area contributed by atoms with Gasteiger partial charge in [0.1, 0.15) is 5.75 Å². The van der Waals surface area contributed by atoms with Crippen LogP contribution in [-0.4, -0.2) is 41.7 Å². The van der Waals surface area contributed by atoms with E-state index in [1.165, 1.54) is 0 Å². The van der Waals surface area contributed by atoms with E-state index in [1.54, 1.807) is 4.90 Å². The second kappa shape index (κ2) is 6.20. The predicted octanol–water partition coefficient (Wildman–Crippen LogP) is 1.81. The Morgan fingerprint density at radius 3 is 2.83 bits per heavy atom. The number of aliphatic hydroxyl groups excluding tert-OH is 1. The van der Waals surface area contributed by atoms with Crippen molar-refractivity contribution in [2.45, 2.75) is 18.9 Å². The van der Waals surface area contributed by atoms with Crippen molar-refractivity contribution in [2.75, 3.05) is 19.7 Å². The van der Waals surface area contributed by atoms with Gasteiger partial charge in [-0.25, -0.2) is 0 Å². The molecule has 5 heteroatoms. The lowest BCUT2D eigenvalue weighted by Gasteiger charge is -2.29. The van der Waals surface area contributed by atoms with Crippen molar-refractivity contribution in [2.24, 2.45) is 0 Å². The molecule has 2 rings (SSSR count). The summed E-state index contributed by atoms with van der Waals surface area (Å²) >= 11 is 3.35. The maximum atomic E-state index is 11.9. The molecule has 0 atom stereocenters. The van der Waals surface area contributed by atoms with Gasteiger partial charge in [0.25, 0.3) is 5.91 Å². The van der Waals surface area contributed by atoms with Crippen LogP contribution >= 0.6 is 15.9 Å². The largest absolute Gasteiger partial charge is 0.484 e. The van der Waals surface area contributed by atoms with Crippen molar-refractivity contribution in [3.63, 3.8) is 0 Å². The number of piperidine rings is 1. The standard InChI is InChI=1S/C13H16BrNO3/c14-10-2-1-3-12(8-10)18-9-13(17)15-6-4-11(16)5-7-15/h1-3,8,11,16H,4-7,9H2. The maximum absolute atomic E-state index is 11.9. The maximum Gasteiger partial charge on any atom is 0.260 e.